The quantitative estimate of drug-likeness (QED) is 0.470. The van der Waals surface area contributed by atoms with Crippen LogP contribution in [0.25, 0.3) is 11.8 Å². The Balaban J connectivity index is 1.68. The topological polar surface area (TPSA) is 53.4 Å². The van der Waals surface area contributed by atoms with Crippen molar-refractivity contribution in [3.63, 3.8) is 0 Å². The van der Waals surface area contributed by atoms with Gasteiger partial charge in [0.25, 0.3) is 0 Å². The number of ether oxygens (including phenoxy) is 2. The molecule has 3 rings (SSSR count). The average Bonchev–Trinajstić information content (AvgIpc) is 2.99. The number of esters is 1. The van der Waals surface area contributed by atoms with Crippen molar-refractivity contribution in [1.82, 2.24) is 9.78 Å². The summed E-state index contributed by atoms with van der Waals surface area (Å²) in [5, 5.41) is 4.54. The van der Waals surface area contributed by atoms with Gasteiger partial charge in [-0.1, -0.05) is 24.3 Å². The van der Waals surface area contributed by atoms with E-state index in [-0.39, 0.29) is 12.4 Å². The Morgan fingerprint density at radius 1 is 1.18 bits per heavy atom. The van der Waals surface area contributed by atoms with E-state index in [0.29, 0.717) is 5.56 Å². The molecule has 0 aliphatic carbocycles. The molecule has 0 radical (unpaired) electrons. The van der Waals surface area contributed by atoms with Crippen LogP contribution in [0.3, 0.4) is 0 Å². The van der Waals surface area contributed by atoms with E-state index in [4.69, 9.17) is 9.47 Å². The number of aryl methyl sites for hydroxylation is 1. The Bertz CT molecular complexity index is 1010. The minimum Gasteiger partial charge on any atom is -0.494 e. The van der Waals surface area contributed by atoms with Crippen molar-refractivity contribution in [2.24, 2.45) is 0 Å². The molecule has 0 saturated heterocycles. The molecule has 0 bridgehead atoms. The largest absolute Gasteiger partial charge is 0.494 e. The van der Waals surface area contributed by atoms with Gasteiger partial charge in [-0.3, -0.25) is 0 Å². The monoisotopic (exact) mass is 380 g/mol. The number of benzene rings is 2. The molecule has 0 aliphatic heterocycles. The van der Waals surface area contributed by atoms with Crippen molar-refractivity contribution in [2.45, 2.75) is 20.5 Å². The third kappa shape index (κ3) is 4.28. The van der Waals surface area contributed by atoms with E-state index in [1.54, 1.807) is 12.1 Å². The van der Waals surface area contributed by atoms with Gasteiger partial charge >= 0.3 is 5.97 Å². The number of methoxy groups -OCH3 is 1. The van der Waals surface area contributed by atoms with E-state index in [9.17, 15) is 9.18 Å². The first kappa shape index (κ1) is 19.4. The molecule has 2 aromatic carbocycles. The molecule has 0 unspecified atom stereocenters. The highest BCUT2D eigenvalue weighted by Gasteiger charge is 2.11. The second-order valence-corrected chi connectivity index (χ2v) is 6.24. The molecule has 144 valence electrons. The fraction of sp³-hybridized carbons (Fsp3) is 0.182. The standard InChI is InChI=1S/C22H21FN2O3/c1-15-19(16(2)25(24-15)18-7-5-4-6-8-18)10-12-22(26)28-14-17-9-11-21(27-3)20(23)13-17/h4-13H,14H2,1-3H3/b12-10+. The highest BCUT2D eigenvalue weighted by atomic mass is 19.1. The van der Waals surface area contributed by atoms with Gasteiger partial charge in [-0.15, -0.1) is 0 Å². The summed E-state index contributed by atoms with van der Waals surface area (Å²) in [5.41, 5.74) is 4.08. The number of carbonyl (C=O) groups is 1. The molecule has 0 spiro atoms. The molecule has 5 nitrogen and oxygen atoms in total. The number of nitrogens with zero attached hydrogens (tertiary/aromatic N) is 2. The summed E-state index contributed by atoms with van der Waals surface area (Å²) in [4.78, 5) is 12.0. The molecule has 6 heteroatoms. The lowest BCUT2D eigenvalue weighted by Gasteiger charge is -2.05. The fourth-order valence-electron chi connectivity index (χ4n) is 2.87. The SMILES string of the molecule is COc1ccc(COC(=O)/C=C/c2c(C)nn(-c3ccccc3)c2C)cc1F. The third-order valence-electron chi connectivity index (χ3n) is 4.33. The van der Waals surface area contributed by atoms with Crippen LogP contribution in [0.4, 0.5) is 4.39 Å². The summed E-state index contributed by atoms with van der Waals surface area (Å²) in [5.74, 6) is -0.856. The van der Waals surface area contributed by atoms with E-state index in [1.807, 2.05) is 48.9 Å². The zero-order valence-electron chi connectivity index (χ0n) is 16.0. The Kier molecular flexibility index (Phi) is 5.89. The maximum atomic E-state index is 13.7. The first-order valence-electron chi connectivity index (χ1n) is 8.78. The Hall–Kier alpha value is -3.41. The minimum atomic E-state index is -0.512. The third-order valence-corrected chi connectivity index (χ3v) is 4.33. The van der Waals surface area contributed by atoms with Gasteiger partial charge in [0.2, 0.25) is 0 Å². The van der Waals surface area contributed by atoms with E-state index < -0.39 is 11.8 Å². The smallest absolute Gasteiger partial charge is 0.331 e. The maximum absolute atomic E-state index is 13.7. The number of hydrogen-bond acceptors (Lipinski definition) is 4. The van der Waals surface area contributed by atoms with Gasteiger partial charge in [0.05, 0.1) is 18.5 Å². The van der Waals surface area contributed by atoms with Crippen molar-refractivity contribution in [1.29, 1.82) is 0 Å². The second-order valence-electron chi connectivity index (χ2n) is 6.24. The summed E-state index contributed by atoms with van der Waals surface area (Å²) in [6, 6.07) is 14.2. The number of rotatable bonds is 6. The Morgan fingerprint density at radius 2 is 1.93 bits per heavy atom. The molecule has 0 fully saturated rings. The first-order valence-corrected chi connectivity index (χ1v) is 8.78. The summed E-state index contributed by atoms with van der Waals surface area (Å²) in [6.07, 6.45) is 3.04. The number of carbonyl (C=O) groups excluding carboxylic acids is 1. The lowest BCUT2D eigenvalue weighted by atomic mass is 10.2. The molecule has 28 heavy (non-hydrogen) atoms. The van der Waals surface area contributed by atoms with Gasteiger partial charge in [-0.05, 0) is 49.8 Å². The number of halogens is 1. The molecule has 0 amide bonds. The number of para-hydroxylation sites is 1. The highest BCUT2D eigenvalue weighted by Crippen LogP contribution is 2.20. The second kappa shape index (κ2) is 8.52. The van der Waals surface area contributed by atoms with Gasteiger partial charge in [0.15, 0.2) is 11.6 Å². The molecule has 0 saturated carbocycles. The van der Waals surface area contributed by atoms with Crippen LogP contribution < -0.4 is 4.74 Å². The van der Waals surface area contributed by atoms with E-state index in [0.717, 1.165) is 22.6 Å². The highest BCUT2D eigenvalue weighted by molar-refractivity contribution is 5.87. The Labute approximate surface area is 163 Å². The molecule has 3 aromatic rings. The number of aromatic nitrogens is 2. The first-order chi connectivity index (χ1) is 13.5. The number of hydrogen-bond donors (Lipinski definition) is 0. The predicted molar refractivity (Wildman–Crippen MR) is 105 cm³/mol. The van der Waals surface area contributed by atoms with Gasteiger partial charge in [-0.25, -0.2) is 13.9 Å². The van der Waals surface area contributed by atoms with Crippen LogP contribution in [-0.4, -0.2) is 22.9 Å². The summed E-state index contributed by atoms with van der Waals surface area (Å²) in [7, 11) is 1.40. The van der Waals surface area contributed by atoms with Gasteiger partial charge in [0, 0.05) is 17.3 Å². The molecule has 0 aliphatic rings. The van der Waals surface area contributed by atoms with E-state index in [1.165, 1.54) is 25.3 Å². The van der Waals surface area contributed by atoms with Crippen LogP contribution in [0.15, 0.2) is 54.6 Å². The van der Waals surface area contributed by atoms with Gasteiger partial charge < -0.3 is 9.47 Å². The normalized spacial score (nSPS) is 11.0. The van der Waals surface area contributed by atoms with Crippen molar-refractivity contribution in [3.05, 3.63) is 82.9 Å². The Morgan fingerprint density at radius 3 is 2.61 bits per heavy atom. The van der Waals surface area contributed by atoms with Crippen molar-refractivity contribution >= 4 is 12.0 Å². The van der Waals surface area contributed by atoms with Crippen LogP contribution >= 0.6 is 0 Å². The van der Waals surface area contributed by atoms with Crippen LogP contribution in [0.2, 0.25) is 0 Å². The molecule has 0 N–H and O–H groups in total. The van der Waals surface area contributed by atoms with Crippen molar-refractivity contribution in [3.8, 4) is 11.4 Å². The summed E-state index contributed by atoms with van der Waals surface area (Å²) in [6.45, 7) is 3.81. The van der Waals surface area contributed by atoms with Crippen LogP contribution in [-0.2, 0) is 16.1 Å². The zero-order valence-corrected chi connectivity index (χ0v) is 16.0. The van der Waals surface area contributed by atoms with E-state index >= 15 is 0 Å². The van der Waals surface area contributed by atoms with Gasteiger partial charge in [0.1, 0.15) is 6.61 Å². The van der Waals surface area contributed by atoms with Crippen LogP contribution in [0.1, 0.15) is 22.5 Å². The zero-order chi connectivity index (χ0) is 20.1. The fourth-order valence-corrected chi connectivity index (χ4v) is 2.87. The molecular formula is C22H21FN2O3. The van der Waals surface area contributed by atoms with E-state index in [2.05, 4.69) is 5.10 Å². The predicted octanol–water partition coefficient (Wildman–Crippen LogP) is 4.39. The lowest BCUT2D eigenvalue weighted by molar-refractivity contribution is -0.138. The lowest BCUT2D eigenvalue weighted by Crippen LogP contribution is -2.01. The molecule has 0 atom stereocenters. The maximum Gasteiger partial charge on any atom is 0.331 e. The summed E-state index contributed by atoms with van der Waals surface area (Å²) < 4.78 is 25.6. The molecular weight excluding hydrogens is 359 g/mol. The van der Waals surface area contributed by atoms with Gasteiger partial charge in [-0.2, -0.15) is 5.10 Å². The van der Waals surface area contributed by atoms with Crippen molar-refractivity contribution in [2.75, 3.05) is 7.11 Å². The molecule has 1 heterocycles. The van der Waals surface area contributed by atoms with Crippen LogP contribution in [0, 0.1) is 19.7 Å². The average molecular weight is 380 g/mol. The van der Waals surface area contributed by atoms with Crippen molar-refractivity contribution < 1.29 is 18.7 Å². The minimum absolute atomic E-state index is 0.0225. The van der Waals surface area contributed by atoms with Crippen LogP contribution in [0.5, 0.6) is 5.75 Å². The summed E-state index contributed by atoms with van der Waals surface area (Å²) >= 11 is 0. The molecule has 1 aromatic heterocycles.